The van der Waals surface area contributed by atoms with Crippen LogP contribution < -0.4 is 0 Å². The molecule has 3 nitrogen and oxygen atoms in total. The Morgan fingerprint density at radius 2 is 2.26 bits per heavy atom. The van der Waals surface area contributed by atoms with Gasteiger partial charge in [-0.15, -0.1) is 0 Å². The number of aliphatic hydroxyl groups excluding tert-OH is 1. The molecule has 1 N–H and O–H groups in total. The van der Waals surface area contributed by atoms with E-state index in [9.17, 15) is 9.90 Å². The zero-order valence-electron chi connectivity index (χ0n) is 12.3. The van der Waals surface area contributed by atoms with Gasteiger partial charge in [-0.2, -0.15) is 0 Å². The van der Waals surface area contributed by atoms with Crippen molar-refractivity contribution in [2.75, 3.05) is 7.11 Å². The third-order valence-corrected chi connectivity index (χ3v) is 4.01. The largest absolute Gasteiger partial charge is 0.388 e. The Balaban J connectivity index is 2.81. The van der Waals surface area contributed by atoms with E-state index in [1.165, 1.54) is 6.08 Å². The number of ketones is 1. The molecule has 1 rings (SSSR count). The van der Waals surface area contributed by atoms with Crippen LogP contribution in [0.1, 0.15) is 33.6 Å². The topological polar surface area (TPSA) is 46.5 Å². The molecule has 1 aliphatic carbocycles. The summed E-state index contributed by atoms with van der Waals surface area (Å²) < 4.78 is 5.56. The molecule has 0 bridgehead atoms. The Labute approximate surface area is 115 Å². The lowest BCUT2D eigenvalue weighted by Crippen LogP contribution is -2.45. The average molecular weight is 264 g/mol. The molecule has 3 heteroatoms. The fourth-order valence-electron chi connectivity index (χ4n) is 2.51. The maximum absolute atomic E-state index is 12.0. The van der Waals surface area contributed by atoms with Crippen LogP contribution in [0.2, 0.25) is 0 Å². The van der Waals surface area contributed by atoms with Crippen LogP contribution in [0.3, 0.4) is 0 Å². The highest BCUT2D eigenvalue weighted by molar-refractivity contribution is 5.97. The van der Waals surface area contributed by atoms with Crippen LogP contribution in [0.25, 0.3) is 0 Å². The van der Waals surface area contributed by atoms with Crippen LogP contribution >= 0.6 is 0 Å². The van der Waals surface area contributed by atoms with E-state index >= 15 is 0 Å². The van der Waals surface area contributed by atoms with Gasteiger partial charge in [0.2, 0.25) is 0 Å². The van der Waals surface area contributed by atoms with E-state index in [4.69, 9.17) is 4.74 Å². The van der Waals surface area contributed by atoms with E-state index in [0.717, 1.165) is 17.6 Å². The SMILES string of the molecule is C=CC(C)=CCCC(C)(OC)C1C(=O)C=C(C)C1O. The highest BCUT2D eigenvalue weighted by atomic mass is 16.5. The first kappa shape index (κ1) is 15.9. The zero-order valence-corrected chi connectivity index (χ0v) is 12.3. The van der Waals surface area contributed by atoms with Gasteiger partial charge < -0.3 is 9.84 Å². The molecule has 0 aliphatic heterocycles. The van der Waals surface area contributed by atoms with Gasteiger partial charge in [-0.05, 0) is 45.3 Å². The van der Waals surface area contributed by atoms with Gasteiger partial charge in [0.05, 0.1) is 17.6 Å². The molecule has 0 saturated carbocycles. The number of hydrogen-bond acceptors (Lipinski definition) is 3. The molecule has 1 aliphatic rings. The van der Waals surface area contributed by atoms with Crippen molar-refractivity contribution in [3.05, 3.63) is 36.0 Å². The van der Waals surface area contributed by atoms with Gasteiger partial charge in [0.1, 0.15) is 0 Å². The summed E-state index contributed by atoms with van der Waals surface area (Å²) in [6.45, 7) is 9.36. The second-order valence-electron chi connectivity index (χ2n) is 5.42. The van der Waals surface area contributed by atoms with E-state index in [0.29, 0.717) is 6.42 Å². The van der Waals surface area contributed by atoms with Gasteiger partial charge >= 0.3 is 0 Å². The molecule has 0 fully saturated rings. The van der Waals surface area contributed by atoms with Gasteiger partial charge in [0, 0.05) is 7.11 Å². The molecule has 106 valence electrons. The second kappa shape index (κ2) is 6.31. The Hall–Kier alpha value is -1.19. The maximum Gasteiger partial charge on any atom is 0.164 e. The Kier molecular flexibility index (Phi) is 5.27. The molecule has 0 saturated heterocycles. The van der Waals surface area contributed by atoms with Crippen molar-refractivity contribution in [1.82, 2.24) is 0 Å². The van der Waals surface area contributed by atoms with Gasteiger partial charge in [0.15, 0.2) is 5.78 Å². The molecule has 0 radical (unpaired) electrons. The average Bonchev–Trinajstić information content (AvgIpc) is 2.63. The summed E-state index contributed by atoms with van der Waals surface area (Å²) in [6, 6.07) is 0. The standard InChI is InChI=1S/C16H24O3/c1-6-11(2)8-7-9-16(4,19-5)14-13(17)10-12(3)15(14)18/h6,8,10,14-15,18H,1,7,9H2,2-5H3. The van der Waals surface area contributed by atoms with Crippen molar-refractivity contribution in [1.29, 1.82) is 0 Å². The summed E-state index contributed by atoms with van der Waals surface area (Å²) >= 11 is 0. The van der Waals surface area contributed by atoms with E-state index < -0.39 is 17.6 Å². The van der Waals surface area contributed by atoms with Crippen molar-refractivity contribution in [2.45, 2.75) is 45.3 Å². The number of hydrogen-bond donors (Lipinski definition) is 1. The Morgan fingerprint density at radius 1 is 1.63 bits per heavy atom. The molecule has 0 amide bonds. The van der Waals surface area contributed by atoms with Crippen LogP contribution in [0.5, 0.6) is 0 Å². The van der Waals surface area contributed by atoms with Crippen molar-refractivity contribution in [3.63, 3.8) is 0 Å². The van der Waals surface area contributed by atoms with Crippen LogP contribution in [0.15, 0.2) is 36.0 Å². The predicted octanol–water partition coefficient (Wildman–Crippen LogP) is 2.81. The summed E-state index contributed by atoms with van der Waals surface area (Å²) in [5.74, 6) is -0.547. The first-order chi connectivity index (χ1) is 8.85. The number of ether oxygens (including phenoxy) is 1. The lowest BCUT2D eigenvalue weighted by atomic mass is 9.80. The smallest absolute Gasteiger partial charge is 0.164 e. The number of carbonyl (C=O) groups is 1. The quantitative estimate of drug-likeness (QED) is 0.750. The minimum atomic E-state index is -0.734. The molecular weight excluding hydrogens is 240 g/mol. The molecule has 3 unspecified atom stereocenters. The summed E-state index contributed by atoms with van der Waals surface area (Å²) in [6.07, 6.45) is 6.13. The van der Waals surface area contributed by atoms with E-state index in [1.807, 2.05) is 13.8 Å². The number of aliphatic hydroxyl groups is 1. The maximum atomic E-state index is 12.0. The molecule has 0 aromatic rings. The fraction of sp³-hybridized carbons (Fsp3) is 0.562. The summed E-state index contributed by atoms with van der Waals surface area (Å²) in [4.78, 5) is 12.0. The summed E-state index contributed by atoms with van der Waals surface area (Å²) in [5, 5.41) is 10.1. The molecular formula is C16H24O3. The predicted molar refractivity (Wildman–Crippen MR) is 76.9 cm³/mol. The molecule has 3 atom stereocenters. The van der Waals surface area contributed by atoms with Crippen LogP contribution in [0, 0.1) is 5.92 Å². The third kappa shape index (κ3) is 3.43. The summed E-state index contributed by atoms with van der Waals surface area (Å²) in [7, 11) is 1.59. The highest BCUT2D eigenvalue weighted by Gasteiger charge is 2.46. The first-order valence-electron chi connectivity index (χ1n) is 6.60. The van der Waals surface area contributed by atoms with E-state index in [2.05, 4.69) is 12.7 Å². The molecule has 0 heterocycles. The van der Waals surface area contributed by atoms with Gasteiger partial charge in [0.25, 0.3) is 0 Å². The Bertz CT molecular complexity index is 420. The van der Waals surface area contributed by atoms with Crippen molar-refractivity contribution in [2.24, 2.45) is 5.92 Å². The zero-order chi connectivity index (χ0) is 14.6. The minimum Gasteiger partial charge on any atom is -0.388 e. The molecule has 0 spiro atoms. The first-order valence-corrected chi connectivity index (χ1v) is 6.60. The van der Waals surface area contributed by atoms with Crippen molar-refractivity contribution in [3.8, 4) is 0 Å². The number of carbonyl (C=O) groups excluding carboxylic acids is 1. The minimum absolute atomic E-state index is 0.0428. The van der Waals surface area contributed by atoms with Crippen molar-refractivity contribution < 1.29 is 14.6 Å². The number of methoxy groups -OCH3 is 1. The van der Waals surface area contributed by atoms with E-state index in [1.54, 1.807) is 20.1 Å². The normalized spacial score (nSPS) is 27.1. The van der Waals surface area contributed by atoms with Gasteiger partial charge in [-0.3, -0.25) is 4.79 Å². The van der Waals surface area contributed by atoms with Crippen molar-refractivity contribution >= 4 is 5.78 Å². The number of rotatable bonds is 6. The highest BCUT2D eigenvalue weighted by Crippen LogP contribution is 2.36. The fourth-order valence-corrected chi connectivity index (χ4v) is 2.51. The monoisotopic (exact) mass is 264 g/mol. The van der Waals surface area contributed by atoms with Crippen LogP contribution in [0.4, 0.5) is 0 Å². The van der Waals surface area contributed by atoms with Gasteiger partial charge in [-0.25, -0.2) is 0 Å². The molecule has 0 aromatic carbocycles. The molecule has 19 heavy (non-hydrogen) atoms. The van der Waals surface area contributed by atoms with Crippen LogP contribution in [-0.4, -0.2) is 29.7 Å². The third-order valence-electron chi connectivity index (χ3n) is 4.01. The number of allylic oxidation sites excluding steroid dienone is 4. The second-order valence-corrected chi connectivity index (χ2v) is 5.42. The van der Waals surface area contributed by atoms with Gasteiger partial charge in [-0.1, -0.05) is 24.3 Å². The van der Waals surface area contributed by atoms with E-state index in [-0.39, 0.29) is 5.78 Å². The lowest BCUT2D eigenvalue weighted by Gasteiger charge is -2.35. The molecule has 0 aromatic heterocycles. The van der Waals surface area contributed by atoms with Crippen LogP contribution in [-0.2, 0) is 9.53 Å². The Morgan fingerprint density at radius 3 is 2.68 bits per heavy atom. The summed E-state index contributed by atoms with van der Waals surface area (Å²) in [5.41, 5.74) is 1.17. The lowest BCUT2D eigenvalue weighted by molar-refractivity contribution is -0.135.